The van der Waals surface area contributed by atoms with Crippen LogP contribution < -0.4 is 5.73 Å². The van der Waals surface area contributed by atoms with Crippen LogP contribution in [0.3, 0.4) is 0 Å². The Morgan fingerprint density at radius 1 is 1.39 bits per heavy atom. The summed E-state index contributed by atoms with van der Waals surface area (Å²) in [5.41, 5.74) is 9.94. The van der Waals surface area contributed by atoms with Crippen LogP contribution in [0.1, 0.15) is 30.7 Å². The monoisotopic (exact) mass is 243 g/mol. The minimum atomic E-state index is 0.322. The number of rotatable bonds is 3. The molecule has 0 saturated heterocycles. The van der Waals surface area contributed by atoms with E-state index in [1.54, 1.807) is 0 Å². The Hall–Kier alpha value is -1.35. The normalized spacial score (nSPS) is 17.9. The Bertz CT molecular complexity index is 573. The topological polar surface area (TPSA) is 43.8 Å². The lowest BCUT2D eigenvalue weighted by molar-refractivity contribution is 0.140. The molecule has 18 heavy (non-hydrogen) atoms. The lowest BCUT2D eigenvalue weighted by Gasteiger charge is -2.40. The number of hydrogen-bond acceptors (Lipinski definition) is 2. The van der Waals surface area contributed by atoms with E-state index in [2.05, 4.69) is 36.7 Å². The number of nitrogens with two attached hydrogens (primary N) is 1. The van der Waals surface area contributed by atoms with Crippen LogP contribution in [0, 0.1) is 12.3 Å². The van der Waals surface area contributed by atoms with Gasteiger partial charge in [0, 0.05) is 13.5 Å². The number of fused-ring (bicyclic) bond motifs is 1. The molecule has 3 rings (SSSR count). The Morgan fingerprint density at radius 2 is 2.17 bits per heavy atom. The number of aromatic nitrogens is 2. The Morgan fingerprint density at radius 3 is 2.72 bits per heavy atom. The molecule has 1 aromatic carbocycles. The fourth-order valence-electron chi connectivity index (χ4n) is 3.14. The number of hydrogen-bond donors (Lipinski definition) is 1. The van der Waals surface area contributed by atoms with Gasteiger partial charge < -0.3 is 10.3 Å². The molecule has 1 aliphatic carbocycles. The standard InChI is InChI=1S/C15H21N3/c1-11-5-3-6-12-14(11)18(2)13(17-12)9-15(10-16)7-4-8-15/h3,5-6H,4,7-10,16H2,1-2H3. The molecule has 0 aliphatic heterocycles. The van der Waals surface area contributed by atoms with E-state index in [-0.39, 0.29) is 0 Å². The molecule has 0 amide bonds. The SMILES string of the molecule is Cc1cccc2nc(CC3(CN)CCC3)n(C)c12. The summed E-state index contributed by atoms with van der Waals surface area (Å²) in [6.07, 6.45) is 4.85. The lowest BCUT2D eigenvalue weighted by Crippen LogP contribution is -2.39. The summed E-state index contributed by atoms with van der Waals surface area (Å²) in [4.78, 5) is 4.80. The summed E-state index contributed by atoms with van der Waals surface area (Å²) in [5.74, 6) is 1.18. The highest BCUT2D eigenvalue weighted by Gasteiger charge is 2.36. The minimum Gasteiger partial charge on any atom is -0.331 e. The molecule has 2 aromatic rings. The third-order valence-electron chi connectivity index (χ3n) is 4.57. The van der Waals surface area contributed by atoms with E-state index in [0.29, 0.717) is 5.41 Å². The van der Waals surface area contributed by atoms with E-state index in [4.69, 9.17) is 10.7 Å². The smallest absolute Gasteiger partial charge is 0.110 e. The number of benzene rings is 1. The molecular weight excluding hydrogens is 222 g/mol. The fraction of sp³-hybridized carbons (Fsp3) is 0.533. The van der Waals surface area contributed by atoms with Gasteiger partial charge in [0.15, 0.2) is 0 Å². The van der Waals surface area contributed by atoms with Crippen molar-refractivity contribution in [2.24, 2.45) is 18.2 Å². The first kappa shape index (κ1) is 11.7. The lowest BCUT2D eigenvalue weighted by atomic mass is 9.66. The van der Waals surface area contributed by atoms with Crippen LogP contribution in [0.25, 0.3) is 11.0 Å². The van der Waals surface area contributed by atoms with E-state index < -0.39 is 0 Å². The number of nitrogens with zero attached hydrogens (tertiary/aromatic N) is 2. The van der Waals surface area contributed by atoms with Gasteiger partial charge in [-0.25, -0.2) is 4.98 Å². The average Bonchev–Trinajstić information content (AvgIpc) is 2.62. The molecule has 1 aliphatic rings. The van der Waals surface area contributed by atoms with Crippen LogP contribution in [0.5, 0.6) is 0 Å². The van der Waals surface area contributed by atoms with E-state index in [1.807, 2.05) is 0 Å². The van der Waals surface area contributed by atoms with Gasteiger partial charge in [0.1, 0.15) is 5.82 Å². The summed E-state index contributed by atoms with van der Waals surface area (Å²) in [7, 11) is 2.13. The van der Waals surface area contributed by atoms with Gasteiger partial charge in [-0.05, 0) is 43.4 Å². The van der Waals surface area contributed by atoms with Gasteiger partial charge in [-0.1, -0.05) is 18.6 Å². The molecule has 1 heterocycles. The predicted octanol–water partition coefficient (Wildman–Crippen LogP) is 2.55. The number of imidazole rings is 1. The summed E-state index contributed by atoms with van der Waals surface area (Å²) in [6.45, 7) is 2.94. The van der Waals surface area contributed by atoms with E-state index in [9.17, 15) is 0 Å². The Kier molecular flexibility index (Phi) is 2.67. The van der Waals surface area contributed by atoms with Crippen molar-refractivity contribution in [2.45, 2.75) is 32.6 Å². The van der Waals surface area contributed by atoms with Crippen LogP contribution in [0.4, 0.5) is 0 Å². The van der Waals surface area contributed by atoms with Crippen molar-refractivity contribution in [3.05, 3.63) is 29.6 Å². The second-order valence-electron chi connectivity index (χ2n) is 5.76. The van der Waals surface area contributed by atoms with Crippen molar-refractivity contribution in [3.8, 4) is 0 Å². The summed E-state index contributed by atoms with van der Waals surface area (Å²) in [6, 6.07) is 6.33. The van der Waals surface area contributed by atoms with E-state index >= 15 is 0 Å². The highest BCUT2D eigenvalue weighted by Crippen LogP contribution is 2.42. The van der Waals surface area contributed by atoms with Crippen LogP contribution in [0.15, 0.2) is 18.2 Å². The van der Waals surface area contributed by atoms with Crippen LogP contribution in [0.2, 0.25) is 0 Å². The van der Waals surface area contributed by atoms with Crippen molar-refractivity contribution in [2.75, 3.05) is 6.54 Å². The molecule has 1 aromatic heterocycles. The highest BCUT2D eigenvalue weighted by atomic mass is 15.1. The third-order valence-corrected chi connectivity index (χ3v) is 4.57. The number of aryl methyl sites for hydroxylation is 2. The fourth-order valence-corrected chi connectivity index (χ4v) is 3.14. The van der Waals surface area contributed by atoms with Gasteiger partial charge in [-0.3, -0.25) is 0 Å². The third kappa shape index (κ3) is 1.65. The average molecular weight is 243 g/mol. The molecule has 3 heteroatoms. The molecule has 0 radical (unpaired) electrons. The van der Waals surface area contributed by atoms with Gasteiger partial charge in [0.2, 0.25) is 0 Å². The largest absolute Gasteiger partial charge is 0.331 e. The van der Waals surface area contributed by atoms with Crippen molar-refractivity contribution < 1.29 is 0 Å². The molecule has 96 valence electrons. The van der Waals surface area contributed by atoms with Crippen LogP contribution >= 0.6 is 0 Å². The molecule has 1 saturated carbocycles. The molecule has 0 unspecified atom stereocenters. The second-order valence-corrected chi connectivity index (χ2v) is 5.76. The van der Waals surface area contributed by atoms with Gasteiger partial charge >= 0.3 is 0 Å². The maximum atomic E-state index is 5.95. The molecule has 0 spiro atoms. The van der Waals surface area contributed by atoms with Gasteiger partial charge in [-0.2, -0.15) is 0 Å². The Balaban J connectivity index is 2.02. The quantitative estimate of drug-likeness (QED) is 0.900. The molecule has 0 bridgehead atoms. The minimum absolute atomic E-state index is 0.322. The summed E-state index contributed by atoms with van der Waals surface area (Å²) in [5, 5.41) is 0. The molecule has 2 N–H and O–H groups in total. The van der Waals surface area contributed by atoms with Crippen LogP contribution in [-0.4, -0.2) is 16.1 Å². The zero-order chi connectivity index (χ0) is 12.8. The molecular formula is C15H21N3. The summed E-state index contributed by atoms with van der Waals surface area (Å²) >= 11 is 0. The second kappa shape index (κ2) is 4.09. The van der Waals surface area contributed by atoms with Gasteiger partial charge in [0.05, 0.1) is 11.0 Å². The Labute approximate surface area is 108 Å². The predicted molar refractivity (Wildman–Crippen MR) is 74.5 cm³/mol. The molecule has 3 nitrogen and oxygen atoms in total. The van der Waals surface area contributed by atoms with Crippen LogP contribution in [-0.2, 0) is 13.5 Å². The zero-order valence-electron chi connectivity index (χ0n) is 11.2. The van der Waals surface area contributed by atoms with E-state index in [1.165, 1.54) is 36.2 Å². The number of para-hydroxylation sites is 1. The first-order valence-electron chi connectivity index (χ1n) is 6.76. The highest BCUT2D eigenvalue weighted by molar-refractivity contribution is 5.79. The van der Waals surface area contributed by atoms with Crippen molar-refractivity contribution in [3.63, 3.8) is 0 Å². The first-order chi connectivity index (χ1) is 8.65. The maximum Gasteiger partial charge on any atom is 0.110 e. The van der Waals surface area contributed by atoms with Crippen molar-refractivity contribution >= 4 is 11.0 Å². The molecule has 1 fully saturated rings. The van der Waals surface area contributed by atoms with E-state index in [0.717, 1.165) is 18.5 Å². The van der Waals surface area contributed by atoms with Gasteiger partial charge in [-0.15, -0.1) is 0 Å². The zero-order valence-corrected chi connectivity index (χ0v) is 11.2. The summed E-state index contributed by atoms with van der Waals surface area (Å²) < 4.78 is 2.25. The first-order valence-corrected chi connectivity index (χ1v) is 6.76. The molecule has 0 atom stereocenters. The van der Waals surface area contributed by atoms with Gasteiger partial charge in [0.25, 0.3) is 0 Å². The van der Waals surface area contributed by atoms with Crippen molar-refractivity contribution in [1.29, 1.82) is 0 Å². The van der Waals surface area contributed by atoms with Crippen molar-refractivity contribution in [1.82, 2.24) is 9.55 Å². The maximum absolute atomic E-state index is 5.95.